The highest BCUT2D eigenvalue weighted by Gasteiger charge is 2.01. The summed E-state index contributed by atoms with van der Waals surface area (Å²) in [5, 5.41) is 9.00. The summed E-state index contributed by atoms with van der Waals surface area (Å²) < 4.78 is 0. The average molecular weight is 267 g/mol. The predicted molar refractivity (Wildman–Crippen MR) is 88.7 cm³/mol. The molecule has 0 fully saturated rings. The Morgan fingerprint density at radius 3 is 2.35 bits per heavy atom. The van der Waals surface area contributed by atoms with Crippen molar-refractivity contribution in [1.82, 2.24) is 0 Å². The van der Waals surface area contributed by atoms with Crippen molar-refractivity contribution in [3.63, 3.8) is 0 Å². The van der Waals surface area contributed by atoms with Crippen LogP contribution in [0.1, 0.15) is 44.4 Å². The molecule has 1 aromatic carbocycles. The number of benzene rings is 1. The molecule has 0 atom stereocenters. The second kappa shape index (κ2) is 8.93. The number of aryl methyl sites for hydroxylation is 1. The van der Waals surface area contributed by atoms with Crippen molar-refractivity contribution in [3.8, 4) is 6.07 Å². The third-order valence-electron chi connectivity index (χ3n) is 2.95. The fourth-order valence-electron chi connectivity index (χ4n) is 1.64. The smallest absolute Gasteiger partial charge is 0.0994 e. The maximum absolute atomic E-state index is 9.00. The lowest BCUT2D eigenvalue weighted by Crippen LogP contribution is -1.91. The van der Waals surface area contributed by atoms with Crippen molar-refractivity contribution < 1.29 is 0 Å². The van der Waals surface area contributed by atoms with Crippen LogP contribution in [0.2, 0.25) is 0 Å². The molecule has 1 rings (SSSR count). The van der Waals surface area contributed by atoms with Gasteiger partial charge in [-0.05, 0) is 50.0 Å². The fourth-order valence-corrected chi connectivity index (χ4v) is 1.64. The van der Waals surface area contributed by atoms with E-state index in [1.807, 2.05) is 58.9 Å². The Kier molecular flexibility index (Phi) is 8.01. The maximum atomic E-state index is 9.00. The summed E-state index contributed by atoms with van der Waals surface area (Å²) in [6.07, 6.45) is 2.81. The van der Waals surface area contributed by atoms with Gasteiger partial charge in [0.25, 0.3) is 0 Å². The van der Waals surface area contributed by atoms with Crippen LogP contribution in [0.5, 0.6) is 0 Å². The fraction of sp³-hybridized carbons (Fsp3) is 0.316. The lowest BCUT2D eigenvalue weighted by Gasteiger charge is -2.06. The molecule has 0 unspecified atom stereocenters. The standard InChI is InChI=1S/C17H19N.C2H6/c1-12(2)15(5)8-13(3)9-16-7-6-14(4)17(10-16)11-18;1-2/h6-8,10H,1,3,9H2,2,4-5H3;1-2H3/b15-8-;. The van der Waals surface area contributed by atoms with Crippen molar-refractivity contribution in [3.05, 3.63) is 70.8 Å². The van der Waals surface area contributed by atoms with E-state index in [2.05, 4.69) is 19.2 Å². The third kappa shape index (κ3) is 5.71. The Morgan fingerprint density at radius 2 is 1.85 bits per heavy atom. The van der Waals surface area contributed by atoms with Crippen molar-refractivity contribution in [2.75, 3.05) is 0 Å². The van der Waals surface area contributed by atoms with E-state index in [0.29, 0.717) is 0 Å². The van der Waals surface area contributed by atoms with Gasteiger partial charge in [-0.3, -0.25) is 0 Å². The predicted octanol–water partition coefficient (Wildman–Crippen LogP) is 5.51. The van der Waals surface area contributed by atoms with Gasteiger partial charge in [-0.1, -0.05) is 56.4 Å². The maximum Gasteiger partial charge on any atom is 0.0994 e. The van der Waals surface area contributed by atoms with Crippen molar-refractivity contribution in [1.29, 1.82) is 5.26 Å². The topological polar surface area (TPSA) is 23.8 Å². The van der Waals surface area contributed by atoms with Crippen LogP contribution >= 0.6 is 0 Å². The van der Waals surface area contributed by atoms with Crippen LogP contribution in [0.15, 0.2) is 54.2 Å². The number of nitrogens with zero attached hydrogens (tertiary/aromatic N) is 1. The van der Waals surface area contributed by atoms with Gasteiger partial charge in [-0.15, -0.1) is 0 Å². The highest BCUT2D eigenvalue weighted by molar-refractivity contribution is 5.42. The van der Waals surface area contributed by atoms with E-state index in [4.69, 9.17) is 5.26 Å². The minimum absolute atomic E-state index is 0.737. The van der Waals surface area contributed by atoms with Crippen LogP contribution in [0.4, 0.5) is 0 Å². The molecule has 0 heterocycles. The average Bonchev–Trinajstić information content (AvgIpc) is 2.42. The van der Waals surface area contributed by atoms with Gasteiger partial charge >= 0.3 is 0 Å². The van der Waals surface area contributed by atoms with Crippen LogP contribution in [0.25, 0.3) is 0 Å². The summed E-state index contributed by atoms with van der Waals surface area (Å²) in [5.41, 5.74) is 6.10. The molecule has 0 spiro atoms. The number of hydrogen-bond donors (Lipinski definition) is 0. The number of allylic oxidation sites excluding steroid dienone is 4. The summed E-state index contributed by atoms with van der Waals surface area (Å²) in [5.74, 6) is 0. The van der Waals surface area contributed by atoms with Gasteiger partial charge in [0.05, 0.1) is 11.6 Å². The molecule has 1 nitrogen and oxygen atoms in total. The summed E-state index contributed by atoms with van der Waals surface area (Å²) in [4.78, 5) is 0. The van der Waals surface area contributed by atoms with Gasteiger partial charge in [-0.25, -0.2) is 0 Å². The molecule has 1 heteroatoms. The number of nitriles is 1. The van der Waals surface area contributed by atoms with Crippen molar-refractivity contribution >= 4 is 0 Å². The molecule has 0 aliphatic heterocycles. The zero-order chi connectivity index (χ0) is 15.7. The van der Waals surface area contributed by atoms with Gasteiger partial charge in [0.1, 0.15) is 0 Å². The lowest BCUT2D eigenvalue weighted by molar-refractivity contribution is 1.18. The van der Waals surface area contributed by atoms with Crippen LogP contribution < -0.4 is 0 Å². The van der Waals surface area contributed by atoms with E-state index in [1.54, 1.807) is 0 Å². The molecular formula is C19H25N. The normalized spacial score (nSPS) is 10.1. The summed E-state index contributed by atoms with van der Waals surface area (Å²) in [6, 6.07) is 8.17. The molecule has 0 aliphatic rings. The molecule has 20 heavy (non-hydrogen) atoms. The largest absolute Gasteiger partial charge is 0.192 e. The summed E-state index contributed by atoms with van der Waals surface area (Å²) in [7, 11) is 0. The van der Waals surface area contributed by atoms with Crippen LogP contribution in [-0.2, 0) is 6.42 Å². The summed E-state index contributed by atoms with van der Waals surface area (Å²) in [6.45, 7) is 17.9. The lowest BCUT2D eigenvalue weighted by atomic mass is 9.99. The van der Waals surface area contributed by atoms with E-state index < -0.39 is 0 Å². The molecule has 0 saturated heterocycles. The van der Waals surface area contributed by atoms with Crippen molar-refractivity contribution in [2.45, 2.75) is 41.0 Å². The molecule has 0 aliphatic carbocycles. The second-order valence-electron chi connectivity index (χ2n) is 4.70. The molecule has 0 N–H and O–H groups in total. The van der Waals surface area contributed by atoms with Gasteiger partial charge in [-0.2, -0.15) is 5.26 Å². The first-order chi connectivity index (χ1) is 9.43. The molecule has 0 amide bonds. The molecule has 106 valence electrons. The van der Waals surface area contributed by atoms with E-state index >= 15 is 0 Å². The Balaban J connectivity index is 0.00000172. The van der Waals surface area contributed by atoms with Crippen LogP contribution in [0.3, 0.4) is 0 Å². The van der Waals surface area contributed by atoms with Crippen LogP contribution in [0, 0.1) is 18.3 Å². The van der Waals surface area contributed by atoms with E-state index in [-0.39, 0.29) is 0 Å². The van der Waals surface area contributed by atoms with Crippen LogP contribution in [-0.4, -0.2) is 0 Å². The highest BCUT2D eigenvalue weighted by atomic mass is 14.2. The molecule has 0 aromatic heterocycles. The molecule has 0 bridgehead atoms. The molecule has 1 aromatic rings. The van der Waals surface area contributed by atoms with Gasteiger partial charge in [0.2, 0.25) is 0 Å². The minimum atomic E-state index is 0.737. The Hall–Kier alpha value is -2.07. The Bertz CT molecular complexity index is 554. The zero-order valence-electron chi connectivity index (χ0n) is 13.4. The van der Waals surface area contributed by atoms with Crippen molar-refractivity contribution in [2.24, 2.45) is 0 Å². The summed E-state index contributed by atoms with van der Waals surface area (Å²) >= 11 is 0. The Labute approximate surface area is 124 Å². The third-order valence-corrected chi connectivity index (χ3v) is 2.95. The number of hydrogen-bond acceptors (Lipinski definition) is 1. The van der Waals surface area contributed by atoms with E-state index in [9.17, 15) is 0 Å². The van der Waals surface area contributed by atoms with Gasteiger partial charge < -0.3 is 0 Å². The van der Waals surface area contributed by atoms with E-state index in [1.165, 1.54) is 0 Å². The highest BCUT2D eigenvalue weighted by Crippen LogP contribution is 2.16. The molecule has 0 radical (unpaired) electrons. The number of rotatable bonds is 4. The van der Waals surface area contributed by atoms with Gasteiger partial charge in [0.15, 0.2) is 0 Å². The first-order valence-corrected chi connectivity index (χ1v) is 6.95. The molecule has 0 saturated carbocycles. The van der Waals surface area contributed by atoms with Gasteiger partial charge in [0, 0.05) is 0 Å². The quantitative estimate of drug-likeness (QED) is 0.659. The monoisotopic (exact) mass is 267 g/mol. The zero-order valence-corrected chi connectivity index (χ0v) is 13.4. The SMILES string of the molecule is C=C(/C=C(/C)C(=C)C)Cc1ccc(C)c(C#N)c1.CC. The first-order valence-electron chi connectivity index (χ1n) is 6.95. The van der Waals surface area contributed by atoms with E-state index in [0.717, 1.165) is 39.8 Å². The first kappa shape index (κ1) is 17.9. The second-order valence-corrected chi connectivity index (χ2v) is 4.70. The Morgan fingerprint density at radius 1 is 1.25 bits per heavy atom. The minimum Gasteiger partial charge on any atom is -0.192 e. The molecular weight excluding hydrogens is 242 g/mol.